The van der Waals surface area contributed by atoms with E-state index in [2.05, 4.69) is 26.0 Å². The summed E-state index contributed by atoms with van der Waals surface area (Å²) < 4.78 is 44.4. The number of methoxy groups -OCH3 is 2. The molecule has 0 unspecified atom stereocenters. The molecule has 0 amide bonds. The highest BCUT2D eigenvalue weighted by Crippen LogP contribution is 2.36. The first-order valence-corrected chi connectivity index (χ1v) is 10.5. The van der Waals surface area contributed by atoms with E-state index in [1.807, 2.05) is 0 Å². The maximum Gasteiger partial charge on any atom is 0.263 e. The van der Waals surface area contributed by atoms with Crippen molar-refractivity contribution in [1.82, 2.24) is 5.32 Å². The first-order valence-electron chi connectivity index (χ1n) is 7.83. The number of anilines is 1. The Hall–Kier alpha value is -1.68. The van der Waals surface area contributed by atoms with Gasteiger partial charge in [-0.05, 0) is 41.2 Å². The van der Waals surface area contributed by atoms with Crippen LogP contribution in [0, 0.1) is 0 Å². The Morgan fingerprint density at radius 3 is 2.37 bits per heavy atom. The zero-order chi connectivity index (χ0) is 20.0. The molecule has 0 radical (unpaired) electrons. The Balaban J connectivity index is 2.32. The lowest BCUT2D eigenvalue weighted by Crippen LogP contribution is -2.16. The Morgan fingerprint density at radius 2 is 1.74 bits per heavy atom. The van der Waals surface area contributed by atoms with Crippen LogP contribution < -0.4 is 24.2 Å². The van der Waals surface area contributed by atoms with Gasteiger partial charge >= 0.3 is 0 Å². The molecule has 0 saturated carbocycles. The fraction of sp³-hybridized carbons (Fsp3) is 0.294. The second-order valence-corrected chi connectivity index (χ2v) is 8.25. The second kappa shape index (κ2) is 9.50. The van der Waals surface area contributed by atoms with Crippen LogP contribution in [0.4, 0.5) is 5.69 Å². The molecule has 0 fully saturated rings. The van der Waals surface area contributed by atoms with Gasteiger partial charge in [0.05, 0.1) is 24.9 Å². The van der Waals surface area contributed by atoms with Gasteiger partial charge in [-0.3, -0.25) is 4.72 Å². The van der Waals surface area contributed by atoms with Crippen LogP contribution in [0.25, 0.3) is 0 Å². The zero-order valence-corrected chi connectivity index (χ0v) is 18.2. The zero-order valence-electron chi connectivity index (χ0n) is 15.0. The van der Waals surface area contributed by atoms with Crippen molar-refractivity contribution in [2.75, 3.05) is 39.1 Å². The van der Waals surface area contributed by atoms with E-state index >= 15 is 0 Å². The van der Waals surface area contributed by atoms with E-state index in [0.717, 1.165) is 0 Å². The van der Waals surface area contributed by atoms with Gasteiger partial charge in [0.25, 0.3) is 10.0 Å². The number of ether oxygens (including phenoxy) is 3. The molecule has 0 saturated heterocycles. The molecule has 10 heteroatoms. The van der Waals surface area contributed by atoms with Gasteiger partial charge in [-0.15, -0.1) is 0 Å². The Labute approximate surface area is 172 Å². The van der Waals surface area contributed by atoms with E-state index in [-0.39, 0.29) is 4.90 Å². The molecular formula is C17H20BrClN2O5S. The van der Waals surface area contributed by atoms with Gasteiger partial charge < -0.3 is 19.5 Å². The van der Waals surface area contributed by atoms with Crippen molar-refractivity contribution in [2.24, 2.45) is 0 Å². The first-order chi connectivity index (χ1) is 12.8. The molecule has 0 spiro atoms. The molecule has 2 rings (SSSR count). The van der Waals surface area contributed by atoms with Crippen LogP contribution in [0.3, 0.4) is 0 Å². The first kappa shape index (κ1) is 21.6. The third kappa shape index (κ3) is 5.41. The lowest BCUT2D eigenvalue weighted by molar-refractivity contribution is 0.319. The van der Waals surface area contributed by atoms with Gasteiger partial charge in [-0.25, -0.2) is 8.42 Å². The number of hydrogen-bond donors (Lipinski definition) is 2. The van der Waals surface area contributed by atoms with Gasteiger partial charge in [0, 0.05) is 23.2 Å². The monoisotopic (exact) mass is 478 g/mol. The summed E-state index contributed by atoms with van der Waals surface area (Å²) in [5.74, 6) is 1.10. The summed E-state index contributed by atoms with van der Waals surface area (Å²) in [5, 5.41) is 3.34. The molecule has 2 aromatic carbocycles. The number of benzene rings is 2. The Bertz CT molecular complexity index is 908. The lowest BCUT2D eigenvalue weighted by Gasteiger charge is -2.15. The SMILES string of the molecule is CNCCOc1cc(NS(=O)(=O)c2cc(OC)c(OC)cc2Br)ccc1Cl. The predicted molar refractivity (Wildman–Crippen MR) is 109 cm³/mol. The van der Waals surface area contributed by atoms with E-state index in [9.17, 15) is 8.42 Å². The topological polar surface area (TPSA) is 85.9 Å². The summed E-state index contributed by atoms with van der Waals surface area (Å²) in [6.07, 6.45) is 0. The highest BCUT2D eigenvalue weighted by molar-refractivity contribution is 9.10. The Kier molecular flexibility index (Phi) is 7.60. The van der Waals surface area contributed by atoms with Crippen LogP contribution in [-0.4, -0.2) is 42.8 Å². The van der Waals surface area contributed by atoms with Gasteiger partial charge in [-0.2, -0.15) is 0 Å². The van der Waals surface area contributed by atoms with Crippen LogP contribution in [0.15, 0.2) is 39.7 Å². The van der Waals surface area contributed by atoms with E-state index in [1.54, 1.807) is 19.2 Å². The van der Waals surface area contributed by atoms with Crippen molar-refractivity contribution in [2.45, 2.75) is 4.90 Å². The standard InChI is InChI=1S/C17H20BrClN2O5S/c1-20-6-7-26-14-8-11(4-5-13(14)19)21-27(22,23)17-10-16(25-3)15(24-2)9-12(17)18/h4-5,8-10,20-21H,6-7H2,1-3H3. The molecule has 2 N–H and O–H groups in total. The minimum atomic E-state index is -3.90. The molecule has 0 aromatic heterocycles. The molecule has 2 aromatic rings. The average molecular weight is 480 g/mol. The summed E-state index contributed by atoms with van der Waals surface area (Å²) in [6, 6.07) is 7.56. The molecular weight excluding hydrogens is 460 g/mol. The molecule has 0 bridgehead atoms. The van der Waals surface area contributed by atoms with E-state index in [0.29, 0.717) is 45.6 Å². The predicted octanol–water partition coefficient (Wildman–Crippen LogP) is 3.52. The van der Waals surface area contributed by atoms with Crippen LogP contribution in [0.5, 0.6) is 17.2 Å². The van der Waals surface area contributed by atoms with Crippen molar-refractivity contribution < 1.29 is 22.6 Å². The molecule has 27 heavy (non-hydrogen) atoms. The van der Waals surface area contributed by atoms with Crippen molar-refractivity contribution in [3.63, 3.8) is 0 Å². The molecule has 0 atom stereocenters. The van der Waals surface area contributed by atoms with Gasteiger partial charge in [0.2, 0.25) is 0 Å². The lowest BCUT2D eigenvalue weighted by atomic mass is 10.3. The normalized spacial score (nSPS) is 11.1. The van der Waals surface area contributed by atoms with Crippen molar-refractivity contribution in [3.05, 3.63) is 39.8 Å². The van der Waals surface area contributed by atoms with Crippen LogP contribution in [0.2, 0.25) is 5.02 Å². The number of nitrogens with one attached hydrogen (secondary N) is 2. The van der Waals surface area contributed by atoms with Crippen molar-refractivity contribution in [3.8, 4) is 17.2 Å². The van der Waals surface area contributed by atoms with Crippen molar-refractivity contribution in [1.29, 1.82) is 0 Å². The molecule has 0 aliphatic heterocycles. The quantitative estimate of drug-likeness (QED) is 0.535. The molecule has 0 aliphatic rings. The summed E-state index contributed by atoms with van der Waals surface area (Å²) in [5.41, 5.74) is 0.320. The minimum Gasteiger partial charge on any atom is -0.493 e. The number of sulfonamides is 1. The number of likely N-dealkylation sites (N-methyl/N-ethyl adjacent to an activating group) is 1. The summed E-state index contributed by atoms with van der Waals surface area (Å²) in [6.45, 7) is 1.03. The highest BCUT2D eigenvalue weighted by atomic mass is 79.9. The summed E-state index contributed by atoms with van der Waals surface area (Å²) in [4.78, 5) is 0.00718. The number of halogens is 2. The molecule has 148 valence electrons. The average Bonchev–Trinajstić information content (AvgIpc) is 2.63. The Morgan fingerprint density at radius 1 is 1.07 bits per heavy atom. The summed E-state index contributed by atoms with van der Waals surface area (Å²) in [7, 11) is 0.809. The van der Waals surface area contributed by atoms with Gasteiger partial charge in [0.1, 0.15) is 17.3 Å². The van der Waals surface area contributed by atoms with E-state index in [4.69, 9.17) is 25.8 Å². The highest BCUT2D eigenvalue weighted by Gasteiger charge is 2.22. The van der Waals surface area contributed by atoms with Crippen molar-refractivity contribution >= 4 is 43.2 Å². The molecule has 0 aliphatic carbocycles. The molecule has 7 nitrogen and oxygen atoms in total. The van der Waals surface area contributed by atoms with Crippen LogP contribution in [0.1, 0.15) is 0 Å². The summed E-state index contributed by atoms with van der Waals surface area (Å²) >= 11 is 9.36. The molecule has 0 heterocycles. The second-order valence-electron chi connectivity index (χ2n) is 5.34. The van der Waals surface area contributed by atoms with Gasteiger partial charge in [-0.1, -0.05) is 11.6 Å². The number of rotatable bonds is 9. The smallest absolute Gasteiger partial charge is 0.263 e. The number of hydrogen-bond acceptors (Lipinski definition) is 6. The fourth-order valence-electron chi connectivity index (χ4n) is 2.19. The van der Waals surface area contributed by atoms with Gasteiger partial charge in [0.15, 0.2) is 11.5 Å². The van der Waals surface area contributed by atoms with Crippen LogP contribution >= 0.6 is 27.5 Å². The maximum atomic E-state index is 12.8. The van der Waals surface area contributed by atoms with E-state index < -0.39 is 10.0 Å². The minimum absolute atomic E-state index is 0.00718. The third-order valence-electron chi connectivity index (χ3n) is 3.52. The van der Waals surface area contributed by atoms with E-state index in [1.165, 1.54) is 32.4 Å². The third-order valence-corrected chi connectivity index (χ3v) is 6.17. The van der Waals surface area contributed by atoms with Crippen LogP contribution in [-0.2, 0) is 10.0 Å². The largest absolute Gasteiger partial charge is 0.493 e. The maximum absolute atomic E-state index is 12.8. The fourth-order valence-corrected chi connectivity index (χ4v) is 4.45.